The molecule has 0 saturated carbocycles. The highest BCUT2D eigenvalue weighted by atomic mass is 16.1. The average Bonchev–Trinajstić information content (AvgIpc) is 2.29. The van der Waals surface area contributed by atoms with Gasteiger partial charge in [-0.2, -0.15) is 0 Å². The summed E-state index contributed by atoms with van der Waals surface area (Å²) in [6.45, 7) is 1.89. The Kier molecular flexibility index (Phi) is 2.68. The molecule has 1 heterocycles. The molecule has 0 unspecified atom stereocenters. The monoisotopic (exact) mass is 212 g/mol. The van der Waals surface area contributed by atoms with Gasteiger partial charge in [0, 0.05) is 29.2 Å². The van der Waals surface area contributed by atoms with Crippen LogP contribution in [0.25, 0.3) is 0 Å². The average molecular weight is 212 g/mol. The Balaban J connectivity index is 2.44. The van der Waals surface area contributed by atoms with Crippen LogP contribution in [0.1, 0.15) is 21.5 Å². The quantitative estimate of drug-likeness (QED) is 0.613. The number of rotatable bonds is 2. The molecule has 3 heteroatoms. The maximum absolute atomic E-state index is 12.1. The van der Waals surface area contributed by atoms with Crippen molar-refractivity contribution in [2.24, 2.45) is 0 Å². The predicted molar refractivity (Wildman–Crippen MR) is 63.3 cm³/mol. The molecule has 2 aromatic rings. The fourth-order valence-corrected chi connectivity index (χ4v) is 1.54. The Labute approximate surface area is 93.9 Å². The summed E-state index contributed by atoms with van der Waals surface area (Å²) in [5.41, 5.74) is 8.37. The van der Waals surface area contributed by atoms with Gasteiger partial charge in [-0.3, -0.25) is 9.78 Å². The molecule has 0 atom stereocenters. The topological polar surface area (TPSA) is 56.0 Å². The van der Waals surface area contributed by atoms with E-state index in [1.54, 1.807) is 36.7 Å². The molecule has 80 valence electrons. The van der Waals surface area contributed by atoms with Crippen LogP contribution in [0.3, 0.4) is 0 Å². The van der Waals surface area contributed by atoms with Crippen molar-refractivity contribution < 1.29 is 4.79 Å². The van der Waals surface area contributed by atoms with Gasteiger partial charge in [-0.1, -0.05) is 12.1 Å². The largest absolute Gasteiger partial charge is 0.399 e. The van der Waals surface area contributed by atoms with E-state index >= 15 is 0 Å². The lowest BCUT2D eigenvalue weighted by molar-refractivity contribution is 0.103. The fraction of sp³-hybridized carbons (Fsp3) is 0.0769. The molecule has 0 aliphatic heterocycles. The molecule has 1 aromatic heterocycles. The zero-order chi connectivity index (χ0) is 11.5. The van der Waals surface area contributed by atoms with E-state index in [0.29, 0.717) is 16.8 Å². The van der Waals surface area contributed by atoms with Gasteiger partial charge in [-0.15, -0.1) is 0 Å². The summed E-state index contributed by atoms with van der Waals surface area (Å²) < 4.78 is 0. The minimum Gasteiger partial charge on any atom is -0.399 e. The van der Waals surface area contributed by atoms with Gasteiger partial charge in [0.05, 0.1) is 0 Å². The number of pyridine rings is 1. The van der Waals surface area contributed by atoms with Crippen molar-refractivity contribution in [3.63, 3.8) is 0 Å². The Bertz CT molecular complexity index is 535. The number of nitrogens with two attached hydrogens (primary N) is 1. The van der Waals surface area contributed by atoms with Crippen molar-refractivity contribution in [2.75, 3.05) is 5.73 Å². The fourth-order valence-electron chi connectivity index (χ4n) is 1.54. The molecule has 1 aromatic carbocycles. The third-order valence-corrected chi connectivity index (χ3v) is 2.43. The number of nitrogens with zero attached hydrogens (tertiary/aromatic N) is 1. The number of anilines is 1. The number of aromatic nitrogens is 1. The first-order chi connectivity index (χ1) is 7.68. The van der Waals surface area contributed by atoms with E-state index < -0.39 is 0 Å². The lowest BCUT2D eigenvalue weighted by atomic mass is 10.0. The molecule has 0 spiro atoms. The van der Waals surface area contributed by atoms with Crippen molar-refractivity contribution in [3.05, 3.63) is 59.4 Å². The van der Waals surface area contributed by atoms with Crippen LogP contribution < -0.4 is 5.73 Å². The summed E-state index contributed by atoms with van der Waals surface area (Å²) >= 11 is 0. The molecule has 0 amide bonds. The van der Waals surface area contributed by atoms with E-state index in [1.165, 1.54) is 0 Å². The molecule has 0 bridgehead atoms. The number of hydrogen-bond donors (Lipinski definition) is 1. The summed E-state index contributed by atoms with van der Waals surface area (Å²) in [7, 11) is 0. The molecule has 3 nitrogen and oxygen atoms in total. The lowest BCUT2D eigenvalue weighted by Gasteiger charge is -2.04. The molecule has 0 radical (unpaired) electrons. The minimum absolute atomic E-state index is 0.0436. The van der Waals surface area contributed by atoms with Crippen LogP contribution in [0.4, 0.5) is 5.69 Å². The van der Waals surface area contributed by atoms with Crippen molar-refractivity contribution >= 4 is 11.5 Å². The van der Waals surface area contributed by atoms with Crippen LogP contribution >= 0.6 is 0 Å². The summed E-state index contributed by atoms with van der Waals surface area (Å²) in [4.78, 5) is 16.1. The van der Waals surface area contributed by atoms with Gasteiger partial charge in [0.2, 0.25) is 0 Å². The van der Waals surface area contributed by atoms with E-state index in [0.717, 1.165) is 5.56 Å². The first kappa shape index (κ1) is 10.4. The van der Waals surface area contributed by atoms with Crippen molar-refractivity contribution in [1.29, 1.82) is 0 Å². The van der Waals surface area contributed by atoms with E-state index in [-0.39, 0.29) is 5.78 Å². The molecular formula is C13H12N2O. The highest BCUT2D eigenvalue weighted by Gasteiger charge is 2.11. The summed E-state index contributed by atoms with van der Waals surface area (Å²) in [5.74, 6) is -0.0436. The molecule has 0 fully saturated rings. The molecule has 16 heavy (non-hydrogen) atoms. The number of ketones is 1. The number of hydrogen-bond acceptors (Lipinski definition) is 3. The zero-order valence-electron chi connectivity index (χ0n) is 8.97. The molecule has 0 saturated heterocycles. The van der Waals surface area contributed by atoms with Crippen molar-refractivity contribution in [1.82, 2.24) is 4.98 Å². The second-order valence-electron chi connectivity index (χ2n) is 3.65. The van der Waals surface area contributed by atoms with Crippen LogP contribution in [-0.4, -0.2) is 10.8 Å². The number of aryl methyl sites for hydroxylation is 1. The Morgan fingerprint density at radius 1 is 1.31 bits per heavy atom. The minimum atomic E-state index is -0.0436. The van der Waals surface area contributed by atoms with Gasteiger partial charge in [0.15, 0.2) is 5.78 Å². The van der Waals surface area contributed by atoms with Crippen LogP contribution in [0, 0.1) is 6.92 Å². The molecule has 2 N–H and O–H groups in total. The maximum atomic E-state index is 12.1. The second kappa shape index (κ2) is 4.14. The SMILES string of the molecule is Cc1ccncc1C(=O)c1cccc(N)c1. The molecule has 0 aliphatic carbocycles. The zero-order valence-corrected chi connectivity index (χ0v) is 8.97. The van der Waals surface area contributed by atoms with Gasteiger partial charge in [0.25, 0.3) is 0 Å². The van der Waals surface area contributed by atoms with Crippen molar-refractivity contribution in [2.45, 2.75) is 6.92 Å². The summed E-state index contributed by atoms with van der Waals surface area (Å²) in [6, 6.07) is 8.78. The van der Waals surface area contributed by atoms with Crippen LogP contribution in [-0.2, 0) is 0 Å². The Hall–Kier alpha value is -2.16. The molecule has 0 aliphatic rings. The maximum Gasteiger partial charge on any atom is 0.194 e. The van der Waals surface area contributed by atoms with Gasteiger partial charge < -0.3 is 5.73 Å². The van der Waals surface area contributed by atoms with Gasteiger partial charge >= 0.3 is 0 Å². The lowest BCUT2D eigenvalue weighted by Crippen LogP contribution is -2.04. The van der Waals surface area contributed by atoms with E-state index in [9.17, 15) is 4.79 Å². The van der Waals surface area contributed by atoms with Crippen molar-refractivity contribution in [3.8, 4) is 0 Å². The number of benzene rings is 1. The Morgan fingerprint density at radius 2 is 2.12 bits per heavy atom. The van der Waals surface area contributed by atoms with Crippen LogP contribution in [0.2, 0.25) is 0 Å². The first-order valence-electron chi connectivity index (χ1n) is 4.99. The first-order valence-corrected chi connectivity index (χ1v) is 4.99. The number of carbonyl (C=O) groups is 1. The predicted octanol–water partition coefficient (Wildman–Crippen LogP) is 2.20. The van der Waals surface area contributed by atoms with Gasteiger partial charge in [-0.05, 0) is 30.7 Å². The van der Waals surface area contributed by atoms with Gasteiger partial charge in [0.1, 0.15) is 0 Å². The highest BCUT2D eigenvalue weighted by molar-refractivity contribution is 6.10. The number of carbonyl (C=O) groups excluding carboxylic acids is 1. The summed E-state index contributed by atoms with van der Waals surface area (Å²) in [6.07, 6.45) is 3.26. The van der Waals surface area contributed by atoms with E-state index in [1.807, 2.05) is 13.0 Å². The number of nitrogen functional groups attached to an aromatic ring is 1. The standard InChI is InChI=1S/C13H12N2O/c1-9-5-6-15-8-12(9)13(16)10-3-2-4-11(14)7-10/h2-8H,14H2,1H3. The third-order valence-electron chi connectivity index (χ3n) is 2.43. The normalized spacial score (nSPS) is 10.1. The second-order valence-corrected chi connectivity index (χ2v) is 3.65. The molecule has 2 rings (SSSR count). The third kappa shape index (κ3) is 1.93. The van der Waals surface area contributed by atoms with E-state index in [4.69, 9.17) is 5.73 Å². The highest BCUT2D eigenvalue weighted by Crippen LogP contribution is 2.14. The smallest absolute Gasteiger partial charge is 0.194 e. The molecular weight excluding hydrogens is 200 g/mol. The Morgan fingerprint density at radius 3 is 2.81 bits per heavy atom. The summed E-state index contributed by atoms with van der Waals surface area (Å²) in [5, 5.41) is 0. The van der Waals surface area contributed by atoms with Crippen LogP contribution in [0.5, 0.6) is 0 Å². The van der Waals surface area contributed by atoms with Crippen LogP contribution in [0.15, 0.2) is 42.7 Å². The van der Waals surface area contributed by atoms with E-state index in [2.05, 4.69) is 4.98 Å². The van der Waals surface area contributed by atoms with Gasteiger partial charge in [-0.25, -0.2) is 0 Å².